The van der Waals surface area contributed by atoms with E-state index in [0.29, 0.717) is 28.7 Å². The number of amides is 1. The van der Waals surface area contributed by atoms with Gasteiger partial charge in [0.1, 0.15) is 17.3 Å². The second kappa shape index (κ2) is 8.00. The summed E-state index contributed by atoms with van der Waals surface area (Å²) in [6.45, 7) is 0. The van der Waals surface area contributed by atoms with Crippen molar-refractivity contribution in [2.75, 3.05) is 7.11 Å². The molecule has 3 rings (SSSR count). The largest absolute Gasteiger partial charge is 0.495 e. The number of rotatable bonds is 6. The van der Waals surface area contributed by atoms with Crippen molar-refractivity contribution in [3.8, 4) is 17.1 Å². The zero-order chi connectivity index (χ0) is 17.6. The first-order valence-electron chi connectivity index (χ1n) is 7.44. The van der Waals surface area contributed by atoms with Gasteiger partial charge in [0, 0.05) is 10.4 Å². The van der Waals surface area contributed by atoms with Crippen LogP contribution in [0.5, 0.6) is 5.75 Å². The Labute approximate surface area is 153 Å². The van der Waals surface area contributed by atoms with E-state index in [-0.39, 0.29) is 5.91 Å². The maximum absolute atomic E-state index is 11.7. The number of methoxy groups -OCH3 is 1. The average molecular weight is 375 g/mol. The van der Waals surface area contributed by atoms with Crippen LogP contribution in [0.15, 0.2) is 57.4 Å². The Bertz CT molecular complexity index is 888. The lowest BCUT2D eigenvalue weighted by molar-refractivity contribution is -0.120. The van der Waals surface area contributed by atoms with Crippen molar-refractivity contribution in [2.24, 2.45) is 5.10 Å². The molecular formula is C18H15ClN2O3S. The maximum atomic E-state index is 11.7. The lowest BCUT2D eigenvalue weighted by Gasteiger charge is -2.04. The van der Waals surface area contributed by atoms with Gasteiger partial charge in [0.2, 0.25) is 5.91 Å². The molecular weight excluding hydrogens is 360 g/mol. The Morgan fingerprint density at radius 2 is 2.24 bits per heavy atom. The Hall–Kier alpha value is -2.57. The van der Waals surface area contributed by atoms with Crippen molar-refractivity contribution in [3.63, 3.8) is 0 Å². The van der Waals surface area contributed by atoms with Gasteiger partial charge in [-0.3, -0.25) is 4.79 Å². The summed E-state index contributed by atoms with van der Waals surface area (Å²) in [5, 5.41) is 6.35. The van der Waals surface area contributed by atoms with E-state index in [1.807, 2.05) is 29.6 Å². The topological polar surface area (TPSA) is 63.8 Å². The molecule has 0 atom stereocenters. The minimum Gasteiger partial charge on any atom is -0.495 e. The lowest BCUT2D eigenvalue weighted by atomic mass is 10.2. The second-order valence-corrected chi connectivity index (χ2v) is 6.54. The highest BCUT2D eigenvalue weighted by atomic mass is 35.5. The number of hydrogen-bond donors (Lipinski definition) is 1. The number of ether oxygens (including phenoxy) is 1. The Morgan fingerprint density at radius 1 is 1.36 bits per heavy atom. The summed E-state index contributed by atoms with van der Waals surface area (Å²) in [6.07, 6.45) is 1.77. The Balaban J connectivity index is 1.61. The zero-order valence-electron chi connectivity index (χ0n) is 13.4. The molecule has 0 radical (unpaired) electrons. The maximum Gasteiger partial charge on any atom is 0.245 e. The summed E-state index contributed by atoms with van der Waals surface area (Å²) in [6, 6.07) is 12.8. The molecule has 25 heavy (non-hydrogen) atoms. The van der Waals surface area contributed by atoms with Crippen LogP contribution < -0.4 is 10.2 Å². The molecule has 0 saturated heterocycles. The fourth-order valence-corrected chi connectivity index (χ4v) is 3.14. The van der Waals surface area contributed by atoms with Crippen LogP contribution in [0.1, 0.15) is 10.6 Å². The predicted molar refractivity (Wildman–Crippen MR) is 99.5 cm³/mol. The first kappa shape index (κ1) is 17.3. The number of nitrogens with one attached hydrogen (secondary N) is 1. The Kier molecular flexibility index (Phi) is 5.53. The molecule has 128 valence electrons. The number of nitrogens with zero attached hydrogens (tertiary/aromatic N) is 1. The molecule has 2 aromatic heterocycles. The standard InChI is InChI=1S/C18H15ClN2O3S/c1-23-17-6-4-12(9-15(17)19)16-7-5-13(24-16)11-20-21-18(22)10-14-3-2-8-25-14/h2-9,11H,10H2,1H3,(H,21,22)/b20-11+. The van der Waals surface area contributed by atoms with Crippen molar-refractivity contribution >= 4 is 35.1 Å². The first-order chi connectivity index (χ1) is 12.2. The van der Waals surface area contributed by atoms with E-state index < -0.39 is 0 Å². The highest BCUT2D eigenvalue weighted by Crippen LogP contribution is 2.30. The second-order valence-electron chi connectivity index (χ2n) is 5.10. The highest BCUT2D eigenvalue weighted by molar-refractivity contribution is 7.10. The van der Waals surface area contributed by atoms with E-state index in [1.54, 1.807) is 25.3 Å². The summed E-state index contributed by atoms with van der Waals surface area (Å²) in [5.74, 6) is 1.61. The number of furan rings is 1. The molecule has 1 N–H and O–H groups in total. The third-order valence-electron chi connectivity index (χ3n) is 3.36. The molecule has 3 aromatic rings. The summed E-state index contributed by atoms with van der Waals surface area (Å²) in [5.41, 5.74) is 3.31. The van der Waals surface area contributed by atoms with Crippen LogP contribution in [0.4, 0.5) is 0 Å². The average Bonchev–Trinajstić information content (AvgIpc) is 3.27. The van der Waals surface area contributed by atoms with Gasteiger partial charge in [-0.05, 0) is 41.8 Å². The molecule has 7 heteroatoms. The number of halogens is 1. The van der Waals surface area contributed by atoms with Crippen molar-refractivity contribution in [1.82, 2.24) is 5.43 Å². The summed E-state index contributed by atoms with van der Waals surface area (Å²) in [4.78, 5) is 12.7. The van der Waals surface area contributed by atoms with Crippen LogP contribution in [-0.4, -0.2) is 19.2 Å². The molecule has 0 aliphatic heterocycles. The monoisotopic (exact) mass is 374 g/mol. The van der Waals surface area contributed by atoms with E-state index >= 15 is 0 Å². The van der Waals surface area contributed by atoms with E-state index in [2.05, 4.69) is 10.5 Å². The van der Waals surface area contributed by atoms with Gasteiger partial charge < -0.3 is 9.15 Å². The van der Waals surface area contributed by atoms with E-state index in [1.165, 1.54) is 17.6 Å². The van der Waals surface area contributed by atoms with Crippen LogP contribution in [0, 0.1) is 0 Å². The van der Waals surface area contributed by atoms with Gasteiger partial charge in [-0.25, -0.2) is 5.43 Å². The van der Waals surface area contributed by atoms with Crippen LogP contribution in [0.3, 0.4) is 0 Å². The van der Waals surface area contributed by atoms with Gasteiger partial charge >= 0.3 is 0 Å². The van der Waals surface area contributed by atoms with Crippen molar-refractivity contribution in [1.29, 1.82) is 0 Å². The van der Waals surface area contributed by atoms with Crippen molar-refractivity contribution in [2.45, 2.75) is 6.42 Å². The van der Waals surface area contributed by atoms with Gasteiger partial charge in [0.05, 0.1) is 24.8 Å². The molecule has 1 amide bonds. The van der Waals surface area contributed by atoms with Gasteiger partial charge in [0.15, 0.2) is 0 Å². The van der Waals surface area contributed by atoms with Crippen LogP contribution in [0.25, 0.3) is 11.3 Å². The molecule has 5 nitrogen and oxygen atoms in total. The van der Waals surface area contributed by atoms with Crippen molar-refractivity contribution in [3.05, 3.63) is 63.5 Å². The molecule has 2 heterocycles. The quantitative estimate of drug-likeness (QED) is 0.515. The molecule has 0 spiro atoms. The first-order valence-corrected chi connectivity index (χ1v) is 8.69. The molecule has 0 aliphatic rings. The zero-order valence-corrected chi connectivity index (χ0v) is 14.9. The van der Waals surface area contributed by atoms with Gasteiger partial charge in [-0.15, -0.1) is 11.3 Å². The number of hydrazone groups is 1. The summed E-state index contributed by atoms with van der Waals surface area (Å²) in [7, 11) is 1.56. The van der Waals surface area contributed by atoms with Crippen LogP contribution in [-0.2, 0) is 11.2 Å². The van der Waals surface area contributed by atoms with Gasteiger partial charge in [0.25, 0.3) is 0 Å². The minimum atomic E-state index is -0.174. The van der Waals surface area contributed by atoms with Crippen LogP contribution >= 0.6 is 22.9 Å². The molecule has 0 fully saturated rings. The predicted octanol–water partition coefficient (Wildman–Crippen LogP) is 4.36. The Morgan fingerprint density at radius 3 is 2.96 bits per heavy atom. The van der Waals surface area contributed by atoms with E-state index in [4.69, 9.17) is 20.8 Å². The molecule has 1 aromatic carbocycles. The molecule has 0 bridgehead atoms. The number of carbonyl (C=O) groups is 1. The molecule has 0 saturated carbocycles. The third-order valence-corrected chi connectivity index (χ3v) is 4.53. The van der Waals surface area contributed by atoms with Gasteiger partial charge in [-0.1, -0.05) is 17.7 Å². The number of carbonyl (C=O) groups excluding carboxylic acids is 1. The molecule has 0 unspecified atom stereocenters. The summed E-state index contributed by atoms with van der Waals surface area (Å²) < 4.78 is 10.8. The van der Waals surface area contributed by atoms with E-state index in [9.17, 15) is 4.79 Å². The minimum absolute atomic E-state index is 0.174. The molecule has 0 aliphatic carbocycles. The SMILES string of the molecule is COc1ccc(-c2ccc(/C=N/NC(=O)Cc3cccs3)o2)cc1Cl. The number of hydrogen-bond acceptors (Lipinski definition) is 5. The van der Waals surface area contributed by atoms with E-state index in [0.717, 1.165) is 10.4 Å². The highest BCUT2D eigenvalue weighted by Gasteiger charge is 2.08. The fraction of sp³-hybridized carbons (Fsp3) is 0.111. The third kappa shape index (κ3) is 4.49. The fourth-order valence-electron chi connectivity index (χ4n) is 2.18. The van der Waals surface area contributed by atoms with Gasteiger partial charge in [-0.2, -0.15) is 5.10 Å². The summed E-state index contributed by atoms with van der Waals surface area (Å²) >= 11 is 7.66. The van der Waals surface area contributed by atoms with Crippen molar-refractivity contribution < 1.29 is 13.9 Å². The lowest BCUT2D eigenvalue weighted by Crippen LogP contribution is -2.19. The number of thiophene rings is 1. The smallest absolute Gasteiger partial charge is 0.245 e. The van der Waals surface area contributed by atoms with Crippen LogP contribution in [0.2, 0.25) is 5.02 Å². The normalized spacial score (nSPS) is 11.0. The number of benzene rings is 1.